The van der Waals surface area contributed by atoms with E-state index in [1.807, 2.05) is 12.1 Å². The Labute approximate surface area is 109 Å². The number of rotatable bonds is 1. The summed E-state index contributed by atoms with van der Waals surface area (Å²) in [4.78, 5) is 2.49. The van der Waals surface area contributed by atoms with Crippen molar-refractivity contribution in [1.29, 1.82) is 0 Å². The van der Waals surface area contributed by atoms with Crippen molar-refractivity contribution in [2.24, 2.45) is 5.73 Å². The van der Waals surface area contributed by atoms with Gasteiger partial charge in [0.15, 0.2) is 0 Å². The lowest BCUT2D eigenvalue weighted by atomic mass is 9.97. The fourth-order valence-electron chi connectivity index (χ4n) is 2.66. The van der Waals surface area contributed by atoms with Crippen LogP contribution in [0.15, 0.2) is 24.3 Å². The maximum atomic E-state index is 6.26. The first kappa shape index (κ1) is 12.9. The predicted molar refractivity (Wildman–Crippen MR) is 73.2 cm³/mol. The van der Waals surface area contributed by atoms with E-state index in [0.29, 0.717) is 6.04 Å². The molecule has 1 aromatic rings. The summed E-state index contributed by atoms with van der Waals surface area (Å²) in [6.07, 6.45) is 1.06. The van der Waals surface area contributed by atoms with Gasteiger partial charge in [0.2, 0.25) is 0 Å². The normalized spacial score (nSPS) is 26.4. The Morgan fingerprint density at radius 3 is 2.35 bits per heavy atom. The van der Waals surface area contributed by atoms with Crippen LogP contribution in [0.2, 0.25) is 5.02 Å². The molecule has 1 heterocycles. The van der Waals surface area contributed by atoms with Crippen LogP contribution in [-0.4, -0.2) is 23.0 Å². The van der Waals surface area contributed by atoms with E-state index < -0.39 is 0 Å². The average molecular weight is 253 g/mol. The zero-order valence-electron chi connectivity index (χ0n) is 10.8. The topological polar surface area (TPSA) is 29.3 Å². The average Bonchev–Trinajstić information content (AvgIpc) is 2.61. The number of likely N-dealkylation sites (tertiary alicyclic amines) is 1. The maximum Gasteiger partial charge on any atom is 0.0504 e. The molecule has 17 heavy (non-hydrogen) atoms. The lowest BCUT2D eigenvalue weighted by Gasteiger charge is -2.38. The lowest BCUT2D eigenvalue weighted by Crippen LogP contribution is -2.43. The van der Waals surface area contributed by atoms with Gasteiger partial charge in [-0.2, -0.15) is 0 Å². The van der Waals surface area contributed by atoms with Crippen molar-refractivity contribution >= 4 is 11.6 Å². The number of nitrogens with two attached hydrogens (primary N) is 1. The Balaban J connectivity index is 2.31. The fraction of sp³-hybridized carbons (Fsp3) is 0.571. The van der Waals surface area contributed by atoms with Crippen LogP contribution in [0.1, 0.15) is 38.8 Å². The van der Waals surface area contributed by atoms with Gasteiger partial charge in [0, 0.05) is 23.1 Å². The van der Waals surface area contributed by atoms with Gasteiger partial charge in [0.25, 0.3) is 0 Å². The Morgan fingerprint density at radius 2 is 1.82 bits per heavy atom. The van der Waals surface area contributed by atoms with Gasteiger partial charge in [-0.1, -0.05) is 23.7 Å². The van der Waals surface area contributed by atoms with Crippen LogP contribution >= 0.6 is 11.6 Å². The maximum absolute atomic E-state index is 6.26. The fourth-order valence-corrected chi connectivity index (χ4v) is 2.78. The van der Waals surface area contributed by atoms with Crippen LogP contribution in [0, 0.1) is 0 Å². The lowest BCUT2D eigenvalue weighted by molar-refractivity contribution is 0.117. The number of nitrogens with zero attached hydrogens (tertiary/aromatic N) is 1. The van der Waals surface area contributed by atoms with Gasteiger partial charge < -0.3 is 5.73 Å². The van der Waals surface area contributed by atoms with E-state index in [-0.39, 0.29) is 11.6 Å². The van der Waals surface area contributed by atoms with Crippen molar-refractivity contribution in [3.05, 3.63) is 34.9 Å². The summed E-state index contributed by atoms with van der Waals surface area (Å²) in [7, 11) is 0. The molecule has 2 nitrogen and oxygen atoms in total. The Morgan fingerprint density at radius 1 is 1.24 bits per heavy atom. The molecule has 1 aliphatic rings. The molecular formula is C14H21ClN2. The largest absolute Gasteiger partial charge is 0.326 e. The van der Waals surface area contributed by atoms with Gasteiger partial charge in [-0.15, -0.1) is 0 Å². The third-order valence-electron chi connectivity index (χ3n) is 3.52. The molecule has 2 atom stereocenters. The molecule has 2 N–H and O–H groups in total. The summed E-state index contributed by atoms with van der Waals surface area (Å²) in [5.74, 6) is 0. The standard InChI is InChI=1S/C14H21ClN2/c1-14(2,3)17-9-8-12(16)13(17)10-4-6-11(15)7-5-10/h4-7,12-13H,8-9,16H2,1-3H3. The van der Waals surface area contributed by atoms with Crippen LogP contribution in [0.4, 0.5) is 0 Å². The first-order valence-corrected chi connectivity index (χ1v) is 6.55. The van der Waals surface area contributed by atoms with Crippen LogP contribution in [0.3, 0.4) is 0 Å². The highest BCUT2D eigenvalue weighted by Crippen LogP contribution is 2.36. The molecule has 1 aromatic carbocycles. The summed E-state index contributed by atoms with van der Waals surface area (Å²) in [6, 6.07) is 8.61. The minimum atomic E-state index is 0.151. The molecule has 3 heteroatoms. The molecule has 1 aliphatic heterocycles. The smallest absolute Gasteiger partial charge is 0.0504 e. The van der Waals surface area contributed by atoms with Crippen molar-refractivity contribution in [3.63, 3.8) is 0 Å². The van der Waals surface area contributed by atoms with E-state index in [1.54, 1.807) is 0 Å². The second-order valence-electron chi connectivity index (χ2n) is 5.81. The molecular weight excluding hydrogens is 232 g/mol. The van der Waals surface area contributed by atoms with Crippen molar-refractivity contribution in [2.45, 2.75) is 44.8 Å². The van der Waals surface area contributed by atoms with E-state index in [9.17, 15) is 0 Å². The molecule has 1 saturated heterocycles. The Hall–Kier alpha value is -0.570. The summed E-state index contributed by atoms with van der Waals surface area (Å²) >= 11 is 5.94. The van der Waals surface area contributed by atoms with Gasteiger partial charge in [-0.3, -0.25) is 4.90 Å². The van der Waals surface area contributed by atoms with E-state index in [4.69, 9.17) is 17.3 Å². The Bertz CT molecular complexity index is 380. The molecule has 1 fully saturated rings. The van der Waals surface area contributed by atoms with Crippen molar-refractivity contribution < 1.29 is 0 Å². The summed E-state index contributed by atoms with van der Waals surface area (Å²) in [5.41, 5.74) is 7.69. The minimum Gasteiger partial charge on any atom is -0.326 e. The second-order valence-corrected chi connectivity index (χ2v) is 6.25. The quantitative estimate of drug-likeness (QED) is 0.832. The first-order valence-electron chi connectivity index (χ1n) is 6.17. The number of benzene rings is 1. The molecule has 0 spiro atoms. The van der Waals surface area contributed by atoms with Crippen LogP contribution < -0.4 is 5.73 Å². The zero-order valence-corrected chi connectivity index (χ0v) is 11.5. The summed E-state index contributed by atoms with van der Waals surface area (Å²) in [5, 5.41) is 0.780. The monoisotopic (exact) mass is 252 g/mol. The van der Waals surface area contributed by atoms with Crippen LogP contribution in [0.5, 0.6) is 0 Å². The van der Waals surface area contributed by atoms with Gasteiger partial charge >= 0.3 is 0 Å². The molecule has 0 bridgehead atoms. The molecule has 0 radical (unpaired) electrons. The highest BCUT2D eigenvalue weighted by molar-refractivity contribution is 6.30. The molecule has 0 aliphatic carbocycles. The molecule has 2 unspecified atom stereocenters. The number of hydrogen-bond donors (Lipinski definition) is 1. The second kappa shape index (κ2) is 4.60. The summed E-state index contributed by atoms with van der Waals surface area (Å²) < 4.78 is 0. The third-order valence-corrected chi connectivity index (χ3v) is 3.77. The zero-order chi connectivity index (χ0) is 12.6. The van der Waals surface area contributed by atoms with Crippen molar-refractivity contribution in [2.75, 3.05) is 6.54 Å². The highest BCUT2D eigenvalue weighted by Gasteiger charge is 2.38. The van der Waals surface area contributed by atoms with E-state index in [1.165, 1.54) is 5.56 Å². The molecule has 0 saturated carbocycles. The third kappa shape index (κ3) is 2.65. The molecule has 0 aromatic heterocycles. The van der Waals surface area contributed by atoms with E-state index >= 15 is 0 Å². The molecule has 94 valence electrons. The van der Waals surface area contributed by atoms with Gasteiger partial charge in [-0.25, -0.2) is 0 Å². The van der Waals surface area contributed by atoms with Gasteiger partial charge in [-0.05, 0) is 44.9 Å². The van der Waals surface area contributed by atoms with Crippen molar-refractivity contribution in [1.82, 2.24) is 4.90 Å². The number of halogens is 1. The molecule has 2 rings (SSSR count). The van der Waals surface area contributed by atoms with E-state index in [0.717, 1.165) is 18.0 Å². The minimum absolute atomic E-state index is 0.151. The van der Waals surface area contributed by atoms with Gasteiger partial charge in [0.05, 0.1) is 6.04 Å². The van der Waals surface area contributed by atoms with Crippen LogP contribution in [-0.2, 0) is 0 Å². The molecule has 0 amide bonds. The van der Waals surface area contributed by atoms with Gasteiger partial charge in [0.1, 0.15) is 0 Å². The Kier molecular flexibility index (Phi) is 3.48. The van der Waals surface area contributed by atoms with Crippen LogP contribution in [0.25, 0.3) is 0 Å². The van der Waals surface area contributed by atoms with Crippen molar-refractivity contribution in [3.8, 4) is 0 Å². The first-order chi connectivity index (χ1) is 7.89. The highest BCUT2D eigenvalue weighted by atomic mass is 35.5. The SMILES string of the molecule is CC(C)(C)N1CCC(N)C1c1ccc(Cl)cc1. The number of hydrogen-bond acceptors (Lipinski definition) is 2. The predicted octanol–water partition coefficient (Wildman–Crippen LogP) is 3.21. The summed E-state index contributed by atoms with van der Waals surface area (Å²) in [6.45, 7) is 7.80. The van der Waals surface area contributed by atoms with E-state index in [2.05, 4.69) is 37.8 Å².